The molecule has 0 aliphatic heterocycles. The average Bonchev–Trinajstić information content (AvgIpc) is 2.23. The highest BCUT2D eigenvalue weighted by Crippen LogP contribution is 2.27. The second-order valence-electron chi connectivity index (χ2n) is 5.59. The number of nitrogens with one attached hydrogen (secondary N) is 1. The van der Waals surface area contributed by atoms with Gasteiger partial charge in [-0.2, -0.15) is 0 Å². The average molecular weight is 251 g/mol. The van der Waals surface area contributed by atoms with Gasteiger partial charge >= 0.3 is 0 Å². The van der Waals surface area contributed by atoms with Crippen molar-refractivity contribution in [3.63, 3.8) is 0 Å². The zero-order valence-corrected chi connectivity index (χ0v) is 11.7. The Morgan fingerprint density at radius 1 is 1.50 bits per heavy atom. The number of nitro groups is 1. The molecule has 1 atom stereocenters. The number of hydrogen-bond donors (Lipinski definition) is 1. The first-order valence-electron chi connectivity index (χ1n) is 6.03. The number of pyridine rings is 1. The first-order chi connectivity index (χ1) is 8.27. The highest BCUT2D eigenvalue weighted by molar-refractivity contribution is 5.43. The summed E-state index contributed by atoms with van der Waals surface area (Å²) in [6, 6.07) is 1.82. The van der Waals surface area contributed by atoms with E-state index in [1.807, 2.05) is 7.05 Å². The fraction of sp³-hybridized carbons (Fsp3) is 0.615. The second-order valence-corrected chi connectivity index (χ2v) is 5.59. The Kier molecular flexibility index (Phi) is 4.40. The van der Waals surface area contributed by atoms with Crippen LogP contribution in [0.25, 0.3) is 0 Å². The Labute approximate surface area is 108 Å². The minimum absolute atomic E-state index is 0.0219. The van der Waals surface area contributed by atoms with E-state index in [1.54, 1.807) is 19.2 Å². The summed E-state index contributed by atoms with van der Waals surface area (Å²) in [5, 5.41) is 14.3. The molecular formula is C13H21N3O2. The summed E-state index contributed by atoms with van der Waals surface area (Å²) >= 11 is 0. The number of aromatic nitrogens is 1. The second kappa shape index (κ2) is 5.44. The third kappa shape index (κ3) is 3.26. The molecule has 1 aromatic heterocycles. The summed E-state index contributed by atoms with van der Waals surface area (Å²) in [5.41, 5.74) is 1.37. The van der Waals surface area contributed by atoms with Crippen LogP contribution in [-0.4, -0.2) is 23.0 Å². The molecule has 0 radical (unpaired) electrons. The minimum Gasteiger partial charge on any atom is -0.316 e. The van der Waals surface area contributed by atoms with Crippen LogP contribution in [-0.2, 0) is 6.42 Å². The van der Waals surface area contributed by atoms with Crippen LogP contribution in [0.2, 0.25) is 0 Å². The first kappa shape index (κ1) is 14.6. The normalized spacial score (nSPS) is 13.4. The van der Waals surface area contributed by atoms with Gasteiger partial charge in [-0.15, -0.1) is 0 Å². The molecule has 0 spiro atoms. The molecule has 5 heteroatoms. The lowest BCUT2D eigenvalue weighted by molar-refractivity contribution is -0.386. The van der Waals surface area contributed by atoms with E-state index in [4.69, 9.17) is 0 Å². The topological polar surface area (TPSA) is 68.1 Å². The third-order valence-electron chi connectivity index (χ3n) is 3.18. The zero-order valence-electron chi connectivity index (χ0n) is 11.7. The molecule has 0 saturated carbocycles. The van der Waals surface area contributed by atoms with Crippen molar-refractivity contribution in [3.8, 4) is 0 Å². The lowest BCUT2D eigenvalue weighted by Gasteiger charge is -2.30. The Morgan fingerprint density at radius 3 is 2.56 bits per heavy atom. The molecular weight excluding hydrogens is 230 g/mol. The Balaban J connectivity index is 3.11. The Morgan fingerprint density at radius 2 is 2.11 bits per heavy atom. The number of likely N-dealkylation sites (N-methyl/N-ethyl adjacent to an activating group) is 1. The molecule has 1 aromatic rings. The molecule has 0 aliphatic rings. The van der Waals surface area contributed by atoms with Gasteiger partial charge in [0.05, 0.1) is 4.92 Å². The van der Waals surface area contributed by atoms with E-state index in [0.717, 1.165) is 0 Å². The van der Waals surface area contributed by atoms with Crippen molar-refractivity contribution in [2.24, 2.45) is 5.41 Å². The van der Waals surface area contributed by atoms with Gasteiger partial charge in [-0.1, -0.05) is 20.8 Å². The number of hydrogen-bond acceptors (Lipinski definition) is 4. The molecule has 0 fully saturated rings. The molecule has 1 unspecified atom stereocenters. The van der Waals surface area contributed by atoms with Crippen molar-refractivity contribution in [1.82, 2.24) is 10.3 Å². The smallest absolute Gasteiger partial charge is 0.293 e. The molecule has 5 nitrogen and oxygen atoms in total. The van der Waals surface area contributed by atoms with Crippen molar-refractivity contribution in [1.29, 1.82) is 0 Å². The molecule has 0 aromatic carbocycles. The van der Waals surface area contributed by atoms with Gasteiger partial charge in [0.1, 0.15) is 5.69 Å². The molecule has 0 aliphatic carbocycles. The van der Waals surface area contributed by atoms with Gasteiger partial charge in [-0.3, -0.25) is 15.1 Å². The van der Waals surface area contributed by atoms with Gasteiger partial charge in [0.15, 0.2) is 0 Å². The van der Waals surface area contributed by atoms with Crippen LogP contribution in [0.1, 0.15) is 32.0 Å². The number of rotatable bonds is 4. The van der Waals surface area contributed by atoms with E-state index in [9.17, 15) is 10.1 Å². The minimum atomic E-state index is -0.340. The largest absolute Gasteiger partial charge is 0.316 e. The van der Waals surface area contributed by atoms with Crippen LogP contribution in [0, 0.1) is 22.5 Å². The zero-order chi connectivity index (χ0) is 13.9. The summed E-state index contributed by atoms with van der Waals surface area (Å²) in [4.78, 5) is 14.9. The van der Waals surface area contributed by atoms with Crippen molar-refractivity contribution < 1.29 is 4.92 Å². The summed E-state index contributed by atoms with van der Waals surface area (Å²) in [6.07, 6.45) is 2.19. The summed E-state index contributed by atoms with van der Waals surface area (Å²) in [5.74, 6) is 0. The SMILES string of the molecule is CNC(Cc1nccc(C)c1[N+](=O)[O-])C(C)(C)C. The predicted octanol–water partition coefficient (Wildman–Crippen LogP) is 2.47. The number of aryl methyl sites for hydroxylation is 1. The van der Waals surface area contributed by atoms with Crippen molar-refractivity contribution >= 4 is 5.69 Å². The molecule has 0 saturated heterocycles. The van der Waals surface area contributed by atoms with Gasteiger partial charge in [0.25, 0.3) is 5.69 Å². The lowest BCUT2D eigenvalue weighted by Crippen LogP contribution is -2.40. The van der Waals surface area contributed by atoms with Gasteiger partial charge in [-0.25, -0.2) is 0 Å². The van der Waals surface area contributed by atoms with E-state index in [0.29, 0.717) is 17.7 Å². The quantitative estimate of drug-likeness (QED) is 0.659. The van der Waals surface area contributed by atoms with Crippen LogP contribution in [0.5, 0.6) is 0 Å². The van der Waals surface area contributed by atoms with Crippen molar-refractivity contribution in [3.05, 3.63) is 33.6 Å². The van der Waals surface area contributed by atoms with E-state index in [2.05, 4.69) is 31.1 Å². The molecule has 1 N–H and O–H groups in total. The van der Waals surface area contributed by atoms with Crippen LogP contribution >= 0.6 is 0 Å². The maximum Gasteiger partial charge on any atom is 0.293 e. The summed E-state index contributed by atoms with van der Waals surface area (Å²) < 4.78 is 0. The van der Waals surface area contributed by atoms with E-state index in [-0.39, 0.29) is 22.1 Å². The van der Waals surface area contributed by atoms with Gasteiger partial charge < -0.3 is 5.32 Å². The lowest BCUT2D eigenvalue weighted by atomic mass is 9.83. The predicted molar refractivity (Wildman–Crippen MR) is 71.6 cm³/mol. The molecule has 1 heterocycles. The van der Waals surface area contributed by atoms with Crippen LogP contribution in [0.15, 0.2) is 12.3 Å². The first-order valence-corrected chi connectivity index (χ1v) is 6.03. The van der Waals surface area contributed by atoms with Crippen molar-refractivity contribution in [2.45, 2.75) is 40.2 Å². The summed E-state index contributed by atoms with van der Waals surface area (Å²) in [6.45, 7) is 8.07. The molecule has 100 valence electrons. The standard InChI is InChI=1S/C13H21N3O2/c1-9-6-7-15-10(12(9)16(17)18)8-11(14-5)13(2,3)4/h6-7,11,14H,8H2,1-5H3. The highest BCUT2D eigenvalue weighted by atomic mass is 16.6. The maximum absolute atomic E-state index is 11.1. The van der Waals surface area contributed by atoms with E-state index >= 15 is 0 Å². The fourth-order valence-electron chi connectivity index (χ4n) is 2.04. The Bertz CT molecular complexity index is 438. The van der Waals surface area contributed by atoms with Crippen LogP contribution in [0.3, 0.4) is 0 Å². The summed E-state index contributed by atoms with van der Waals surface area (Å²) in [7, 11) is 1.87. The fourth-order valence-corrected chi connectivity index (χ4v) is 2.04. The van der Waals surface area contributed by atoms with Gasteiger partial charge in [-0.05, 0) is 25.5 Å². The molecule has 0 bridgehead atoms. The van der Waals surface area contributed by atoms with E-state index in [1.165, 1.54) is 0 Å². The Hall–Kier alpha value is -1.49. The van der Waals surface area contributed by atoms with Gasteiger partial charge in [0.2, 0.25) is 0 Å². The highest BCUT2D eigenvalue weighted by Gasteiger charge is 2.27. The van der Waals surface area contributed by atoms with Crippen molar-refractivity contribution in [2.75, 3.05) is 7.05 Å². The molecule has 18 heavy (non-hydrogen) atoms. The monoisotopic (exact) mass is 251 g/mol. The van der Waals surface area contributed by atoms with Crippen LogP contribution < -0.4 is 5.32 Å². The number of nitrogens with zero attached hydrogens (tertiary/aromatic N) is 2. The molecule has 1 rings (SSSR count). The van der Waals surface area contributed by atoms with Crippen LogP contribution in [0.4, 0.5) is 5.69 Å². The van der Waals surface area contributed by atoms with E-state index < -0.39 is 0 Å². The maximum atomic E-state index is 11.1. The van der Waals surface area contributed by atoms with Gasteiger partial charge in [0, 0.05) is 24.2 Å². The third-order valence-corrected chi connectivity index (χ3v) is 3.18. The molecule has 0 amide bonds.